The van der Waals surface area contributed by atoms with Crippen LogP contribution in [0.15, 0.2) is 97.5 Å². The van der Waals surface area contributed by atoms with Crippen molar-refractivity contribution in [3.63, 3.8) is 0 Å². The summed E-state index contributed by atoms with van der Waals surface area (Å²) in [6.45, 7) is 14.5. The van der Waals surface area contributed by atoms with Crippen LogP contribution in [0.4, 0.5) is 9.59 Å². The number of hydrazine groups is 1. The van der Waals surface area contributed by atoms with Crippen LogP contribution in [0.5, 0.6) is 0 Å². The number of hydrogen-bond donors (Lipinski definition) is 4. The van der Waals surface area contributed by atoms with E-state index in [2.05, 4.69) is 26.0 Å². The highest BCUT2D eigenvalue weighted by molar-refractivity contribution is 5.89. The normalized spacial score (nSPS) is 15.3. The second kappa shape index (κ2) is 19.9. The smallest absolute Gasteiger partial charge is 0.407 e. The number of alkyl carbamates (subject to hydrolysis) is 1. The Morgan fingerprint density at radius 3 is 2.17 bits per heavy atom. The number of urea groups is 1. The van der Waals surface area contributed by atoms with E-state index in [0.29, 0.717) is 19.6 Å². The Kier molecular flexibility index (Phi) is 15.0. The zero-order valence-corrected chi connectivity index (χ0v) is 36.0. The molecule has 1 saturated heterocycles. The van der Waals surface area contributed by atoms with E-state index in [-0.39, 0.29) is 25.5 Å². The zero-order chi connectivity index (χ0) is 43.6. The summed E-state index contributed by atoms with van der Waals surface area (Å²) in [7, 11) is 1.23. The van der Waals surface area contributed by atoms with Crippen LogP contribution in [0, 0.1) is 17.8 Å². The third-order valence-electron chi connectivity index (χ3n) is 10.6. The van der Waals surface area contributed by atoms with Gasteiger partial charge < -0.3 is 30.3 Å². The lowest BCUT2D eigenvalue weighted by Crippen LogP contribution is -2.61. The van der Waals surface area contributed by atoms with Crippen LogP contribution in [0.3, 0.4) is 0 Å². The molecule has 0 aliphatic carbocycles. The topological polar surface area (TPSA) is 169 Å². The van der Waals surface area contributed by atoms with E-state index in [1.807, 2.05) is 127 Å². The monoisotopic (exact) mass is 820 g/mol. The van der Waals surface area contributed by atoms with E-state index in [9.17, 15) is 24.3 Å². The molecule has 0 unspecified atom stereocenters. The maximum absolute atomic E-state index is 14.6. The number of rotatable bonds is 16. The number of aryl methyl sites for hydroxylation is 1. The summed E-state index contributed by atoms with van der Waals surface area (Å²) in [5, 5.41) is 19.6. The summed E-state index contributed by atoms with van der Waals surface area (Å²) in [5.74, 6) is -0.911. The Morgan fingerprint density at radius 2 is 1.55 bits per heavy atom. The minimum Gasteiger partial charge on any atom is -0.453 e. The maximum Gasteiger partial charge on any atom is 0.407 e. The molecule has 5 amide bonds. The fourth-order valence-corrected chi connectivity index (χ4v) is 7.38. The maximum atomic E-state index is 14.6. The van der Waals surface area contributed by atoms with E-state index in [0.717, 1.165) is 33.5 Å². The van der Waals surface area contributed by atoms with E-state index in [1.54, 1.807) is 33.4 Å². The van der Waals surface area contributed by atoms with Crippen LogP contribution >= 0.6 is 0 Å². The molecule has 14 heteroatoms. The number of aliphatic hydroxyl groups excluding tert-OH is 1. The molecule has 1 fully saturated rings. The van der Waals surface area contributed by atoms with Crippen molar-refractivity contribution in [3.8, 4) is 11.3 Å². The fourth-order valence-electron chi connectivity index (χ4n) is 7.38. The quantitative estimate of drug-likeness (QED) is 0.107. The Hall–Kier alpha value is -5.86. The fraction of sp³-hybridized carbons (Fsp3) is 0.435. The predicted octanol–water partition coefficient (Wildman–Crippen LogP) is 5.50. The van der Waals surface area contributed by atoms with Gasteiger partial charge in [-0.15, -0.1) is 0 Å². The minimum absolute atomic E-state index is 0.109. The molecule has 14 nitrogen and oxygen atoms in total. The first-order valence-corrected chi connectivity index (χ1v) is 20.3. The number of carbonyl (C=O) groups excluding carboxylic acids is 4. The van der Waals surface area contributed by atoms with Gasteiger partial charge >= 0.3 is 12.1 Å². The summed E-state index contributed by atoms with van der Waals surface area (Å²) in [6.07, 6.45) is 3.50. The van der Waals surface area contributed by atoms with Gasteiger partial charge in [0.25, 0.3) is 5.91 Å². The van der Waals surface area contributed by atoms with Crippen molar-refractivity contribution < 1.29 is 29.0 Å². The van der Waals surface area contributed by atoms with Crippen molar-refractivity contribution in [2.45, 2.75) is 92.2 Å². The highest BCUT2D eigenvalue weighted by Crippen LogP contribution is 2.29. The summed E-state index contributed by atoms with van der Waals surface area (Å²) < 4.78 is 4.83. The molecular weight excluding hydrogens is 761 g/mol. The zero-order valence-electron chi connectivity index (χ0n) is 36.0. The average molecular weight is 821 g/mol. The van der Waals surface area contributed by atoms with Crippen molar-refractivity contribution in [3.05, 3.63) is 120 Å². The largest absolute Gasteiger partial charge is 0.453 e. The number of amides is 5. The molecule has 4 aromatic rings. The second-order valence-corrected chi connectivity index (χ2v) is 17.5. The third kappa shape index (κ3) is 12.1. The summed E-state index contributed by atoms with van der Waals surface area (Å²) in [6, 6.07) is 21.9. The molecule has 0 saturated carbocycles. The Bertz CT molecular complexity index is 2050. The molecule has 1 aliphatic rings. The Balaban J connectivity index is 1.42. The lowest BCUT2D eigenvalue weighted by Gasteiger charge is -2.38. The molecule has 3 heterocycles. The van der Waals surface area contributed by atoms with Gasteiger partial charge in [0.1, 0.15) is 12.1 Å². The first-order chi connectivity index (χ1) is 28.4. The summed E-state index contributed by atoms with van der Waals surface area (Å²) >= 11 is 0. The summed E-state index contributed by atoms with van der Waals surface area (Å²) in [5.41, 5.74) is 6.96. The molecular formula is C46H60N8O6. The van der Waals surface area contributed by atoms with Crippen LogP contribution in [-0.2, 0) is 33.8 Å². The van der Waals surface area contributed by atoms with E-state index in [4.69, 9.17) is 4.74 Å². The number of ether oxygens (including phenoxy) is 1. The summed E-state index contributed by atoms with van der Waals surface area (Å²) in [4.78, 5) is 67.0. The van der Waals surface area contributed by atoms with Gasteiger partial charge in [-0.3, -0.25) is 25.0 Å². The number of aromatic nitrogens is 2. The molecule has 4 N–H and O–H groups in total. The highest BCUT2D eigenvalue weighted by atomic mass is 16.5. The second-order valence-electron chi connectivity index (χ2n) is 17.5. The number of nitrogens with one attached hydrogen (secondary N) is 3. The minimum atomic E-state index is -1.22. The first-order valence-electron chi connectivity index (χ1n) is 20.3. The Morgan fingerprint density at radius 1 is 0.850 bits per heavy atom. The van der Waals surface area contributed by atoms with Crippen molar-refractivity contribution >= 4 is 23.9 Å². The molecule has 1 aliphatic heterocycles. The SMILES string of the molecule is COC(=O)N[C@H](C(=O)NN(Cc1ccc(-c2ccccn2)cc1)C[C@H](O)[C@H](Cc1ccccc1)NC(=O)[C@@H](N1CCN(Cc2cnccc2C)C1=O)C(C)(C)C)C(C)(C)C. The van der Waals surface area contributed by atoms with Gasteiger partial charge in [-0.1, -0.05) is 102 Å². The third-order valence-corrected chi connectivity index (χ3v) is 10.6. The van der Waals surface area contributed by atoms with E-state index < -0.39 is 53.0 Å². The lowest BCUT2D eigenvalue weighted by molar-refractivity contribution is -0.133. The van der Waals surface area contributed by atoms with Gasteiger partial charge in [-0.05, 0) is 64.6 Å². The number of pyridine rings is 2. The number of hydrogen-bond acceptors (Lipinski definition) is 9. The molecule has 2 aromatic carbocycles. The van der Waals surface area contributed by atoms with Gasteiger partial charge in [-0.25, -0.2) is 14.6 Å². The molecule has 0 radical (unpaired) electrons. The number of benzene rings is 2. The van der Waals surface area contributed by atoms with Crippen LogP contribution < -0.4 is 16.1 Å². The van der Waals surface area contributed by atoms with Crippen molar-refractivity contribution in [2.24, 2.45) is 10.8 Å². The van der Waals surface area contributed by atoms with Gasteiger partial charge in [0.05, 0.1) is 24.9 Å². The van der Waals surface area contributed by atoms with Crippen molar-refractivity contribution in [2.75, 3.05) is 26.7 Å². The van der Waals surface area contributed by atoms with E-state index >= 15 is 0 Å². The average Bonchev–Trinajstić information content (AvgIpc) is 3.55. The van der Waals surface area contributed by atoms with Gasteiger partial charge in [0.2, 0.25) is 5.91 Å². The lowest BCUT2D eigenvalue weighted by atomic mass is 9.84. The Labute approximate surface area is 353 Å². The van der Waals surface area contributed by atoms with Gasteiger partial charge in [-0.2, -0.15) is 0 Å². The molecule has 4 atom stereocenters. The molecule has 5 rings (SSSR count). The van der Waals surface area contributed by atoms with Crippen molar-refractivity contribution in [1.82, 2.24) is 40.8 Å². The highest BCUT2D eigenvalue weighted by Gasteiger charge is 2.44. The van der Waals surface area contributed by atoms with Gasteiger partial charge in [0, 0.05) is 56.9 Å². The number of aliphatic hydroxyl groups is 1. The van der Waals surface area contributed by atoms with Crippen LogP contribution in [0.1, 0.15) is 63.8 Å². The first kappa shape index (κ1) is 45.2. The van der Waals surface area contributed by atoms with Crippen molar-refractivity contribution in [1.29, 1.82) is 0 Å². The molecule has 0 bridgehead atoms. The molecule has 60 heavy (non-hydrogen) atoms. The van der Waals surface area contributed by atoms with E-state index in [1.165, 1.54) is 7.11 Å². The van der Waals surface area contributed by atoms with Crippen LogP contribution in [-0.4, -0.2) is 105 Å². The molecule has 0 spiro atoms. The molecule has 320 valence electrons. The van der Waals surface area contributed by atoms with Crippen LogP contribution in [0.25, 0.3) is 11.3 Å². The standard InChI is InChI=1S/C46H60N8O6/c1-31-21-23-47-27-35(31)29-52-24-25-54(44(52)59)40(46(5,6)7)42(57)49-37(26-32-14-10-9-11-15-32)38(55)30-53(51-41(56)39(45(2,3)4)50-43(58)60-8)28-33-17-19-34(20-18-33)36-16-12-13-22-48-36/h9-23,27,37-40,55H,24-26,28-30H2,1-8H3,(H,49,57)(H,50,58)(H,51,56)/t37-,38-,39+,40+/m0/s1. The predicted molar refractivity (Wildman–Crippen MR) is 230 cm³/mol. The van der Waals surface area contributed by atoms with Crippen LogP contribution in [0.2, 0.25) is 0 Å². The number of methoxy groups -OCH3 is 1. The number of nitrogens with zero attached hydrogens (tertiary/aromatic N) is 5. The molecule has 2 aromatic heterocycles. The van der Waals surface area contributed by atoms with Gasteiger partial charge in [0.15, 0.2) is 0 Å². The number of carbonyl (C=O) groups is 4.